The van der Waals surface area contributed by atoms with Gasteiger partial charge in [-0.2, -0.15) is 0 Å². The molecule has 2 aliphatic rings. The minimum atomic E-state index is -0.231. The van der Waals surface area contributed by atoms with E-state index in [9.17, 15) is 0 Å². The Balaban J connectivity index is 2.10. The van der Waals surface area contributed by atoms with Gasteiger partial charge in [-0.3, -0.25) is 0 Å². The number of hydrogen-bond acceptors (Lipinski definition) is 3. The van der Waals surface area contributed by atoms with Crippen LogP contribution in [-0.2, 0) is 9.31 Å². The quantitative estimate of drug-likeness (QED) is 0.689. The molecule has 0 aromatic carbocycles. The van der Waals surface area contributed by atoms with E-state index in [2.05, 4.69) is 39.1 Å². The zero-order valence-corrected chi connectivity index (χ0v) is 10.8. The van der Waals surface area contributed by atoms with Crippen molar-refractivity contribution in [1.29, 1.82) is 0 Å². The van der Waals surface area contributed by atoms with Crippen LogP contribution in [0.4, 0.5) is 0 Å². The monoisotopic (exact) mass is 223 g/mol. The second kappa shape index (κ2) is 4.17. The Hall–Kier alpha value is -0.315. The van der Waals surface area contributed by atoms with Gasteiger partial charge in [0.2, 0.25) is 0 Å². The van der Waals surface area contributed by atoms with Gasteiger partial charge in [0.25, 0.3) is 0 Å². The third-order valence-corrected chi connectivity index (χ3v) is 3.85. The molecule has 90 valence electrons. The van der Waals surface area contributed by atoms with Crippen molar-refractivity contribution in [2.75, 3.05) is 13.1 Å². The molecule has 0 unspecified atom stereocenters. The number of allylic oxidation sites excluding steroid dienone is 1. The van der Waals surface area contributed by atoms with Gasteiger partial charge < -0.3 is 14.6 Å². The summed E-state index contributed by atoms with van der Waals surface area (Å²) in [5, 5.41) is 3.40. The summed E-state index contributed by atoms with van der Waals surface area (Å²) in [6, 6.07) is 0. The van der Waals surface area contributed by atoms with Gasteiger partial charge in [0.15, 0.2) is 0 Å². The van der Waals surface area contributed by atoms with Crippen LogP contribution in [0.15, 0.2) is 11.5 Å². The lowest BCUT2D eigenvalue weighted by molar-refractivity contribution is 0.00578. The maximum absolute atomic E-state index is 6.03. The van der Waals surface area contributed by atoms with E-state index >= 15 is 0 Å². The van der Waals surface area contributed by atoms with Crippen molar-refractivity contribution in [3.63, 3.8) is 0 Å². The first-order chi connectivity index (χ1) is 7.42. The lowest BCUT2D eigenvalue weighted by atomic mass is 9.77. The summed E-state index contributed by atoms with van der Waals surface area (Å²) < 4.78 is 12.1. The zero-order valence-electron chi connectivity index (χ0n) is 10.8. The van der Waals surface area contributed by atoms with Crippen LogP contribution < -0.4 is 5.32 Å². The second-order valence-corrected chi connectivity index (χ2v) is 5.69. The molecule has 0 amide bonds. The Morgan fingerprint density at radius 2 is 1.81 bits per heavy atom. The van der Waals surface area contributed by atoms with Crippen molar-refractivity contribution in [2.24, 2.45) is 0 Å². The smallest absolute Gasteiger partial charge is 0.400 e. The third-order valence-electron chi connectivity index (χ3n) is 3.85. The van der Waals surface area contributed by atoms with Gasteiger partial charge in [0.1, 0.15) is 0 Å². The molecule has 1 saturated heterocycles. The minimum Gasteiger partial charge on any atom is -0.400 e. The average molecular weight is 223 g/mol. The standard InChI is InChI=1S/C12H22BNO2/c1-11(2)12(3,4)16-13(15-11)10-7-5-6-8-14-9-10/h7,14H,5-6,8-9H2,1-4H3. The molecule has 1 fully saturated rings. The number of rotatable bonds is 1. The van der Waals surface area contributed by atoms with Gasteiger partial charge in [-0.05, 0) is 52.6 Å². The molecule has 0 radical (unpaired) electrons. The zero-order chi connectivity index (χ0) is 11.8. The van der Waals surface area contributed by atoms with Crippen molar-refractivity contribution in [3.8, 4) is 0 Å². The van der Waals surface area contributed by atoms with E-state index < -0.39 is 0 Å². The highest BCUT2D eigenvalue weighted by atomic mass is 16.7. The number of hydrogen-bond donors (Lipinski definition) is 1. The van der Waals surface area contributed by atoms with Crippen molar-refractivity contribution < 1.29 is 9.31 Å². The van der Waals surface area contributed by atoms with Crippen molar-refractivity contribution in [1.82, 2.24) is 5.32 Å². The molecule has 0 saturated carbocycles. The van der Waals surface area contributed by atoms with Crippen LogP contribution in [0.3, 0.4) is 0 Å². The Bertz CT molecular complexity index is 283. The van der Waals surface area contributed by atoms with Crippen LogP contribution in [0.25, 0.3) is 0 Å². The SMILES string of the molecule is CC1(C)OB(C2=CCCCNC2)OC1(C)C. The fourth-order valence-corrected chi connectivity index (χ4v) is 1.99. The molecule has 0 aromatic rings. The van der Waals surface area contributed by atoms with E-state index in [4.69, 9.17) is 9.31 Å². The van der Waals surface area contributed by atoms with Gasteiger partial charge in [-0.25, -0.2) is 0 Å². The van der Waals surface area contributed by atoms with Crippen LogP contribution in [0.2, 0.25) is 0 Å². The van der Waals surface area contributed by atoms with E-state index in [1.54, 1.807) is 0 Å². The predicted octanol–water partition coefficient (Wildman–Crippen LogP) is 1.93. The largest absolute Gasteiger partial charge is 0.491 e. The Morgan fingerprint density at radius 3 is 2.44 bits per heavy atom. The minimum absolute atomic E-state index is 0.171. The Labute approximate surface area is 98.7 Å². The van der Waals surface area contributed by atoms with E-state index in [-0.39, 0.29) is 18.3 Å². The molecule has 0 atom stereocenters. The lowest BCUT2D eigenvalue weighted by Gasteiger charge is -2.32. The van der Waals surface area contributed by atoms with Crippen molar-refractivity contribution >= 4 is 7.12 Å². The summed E-state index contributed by atoms with van der Waals surface area (Å²) in [6.45, 7) is 10.3. The molecule has 2 aliphatic heterocycles. The molecule has 16 heavy (non-hydrogen) atoms. The van der Waals surface area contributed by atoms with Crippen LogP contribution >= 0.6 is 0 Å². The van der Waals surface area contributed by atoms with Gasteiger partial charge in [0, 0.05) is 6.54 Å². The van der Waals surface area contributed by atoms with Gasteiger partial charge in [-0.15, -0.1) is 0 Å². The van der Waals surface area contributed by atoms with Crippen molar-refractivity contribution in [3.05, 3.63) is 11.5 Å². The molecule has 2 heterocycles. The van der Waals surface area contributed by atoms with Crippen LogP contribution in [0, 0.1) is 0 Å². The van der Waals surface area contributed by atoms with E-state index in [1.807, 2.05) is 0 Å². The summed E-state index contributed by atoms with van der Waals surface area (Å²) >= 11 is 0. The van der Waals surface area contributed by atoms with Crippen molar-refractivity contribution in [2.45, 2.75) is 51.7 Å². The first-order valence-electron chi connectivity index (χ1n) is 6.18. The highest BCUT2D eigenvalue weighted by Gasteiger charge is 2.52. The third kappa shape index (κ3) is 2.19. The molecule has 0 spiro atoms. The lowest BCUT2D eigenvalue weighted by Crippen LogP contribution is -2.41. The maximum atomic E-state index is 6.03. The molecular weight excluding hydrogens is 201 g/mol. The van der Waals surface area contributed by atoms with E-state index in [0.29, 0.717) is 0 Å². The fourth-order valence-electron chi connectivity index (χ4n) is 1.99. The molecule has 3 nitrogen and oxygen atoms in total. The summed E-state index contributed by atoms with van der Waals surface area (Å²) in [6.07, 6.45) is 4.58. The molecule has 2 rings (SSSR count). The van der Waals surface area contributed by atoms with Crippen LogP contribution in [-0.4, -0.2) is 31.4 Å². The molecule has 0 aliphatic carbocycles. The van der Waals surface area contributed by atoms with Gasteiger partial charge >= 0.3 is 7.12 Å². The molecular formula is C12H22BNO2. The van der Waals surface area contributed by atoms with E-state index in [1.165, 1.54) is 11.9 Å². The molecule has 4 heteroatoms. The fraction of sp³-hybridized carbons (Fsp3) is 0.833. The van der Waals surface area contributed by atoms with Crippen LogP contribution in [0.5, 0.6) is 0 Å². The summed E-state index contributed by atoms with van der Waals surface area (Å²) in [4.78, 5) is 0. The first kappa shape index (κ1) is 12.2. The van der Waals surface area contributed by atoms with Crippen LogP contribution in [0.1, 0.15) is 40.5 Å². The van der Waals surface area contributed by atoms with Gasteiger partial charge in [-0.1, -0.05) is 6.08 Å². The molecule has 0 aromatic heterocycles. The maximum Gasteiger partial charge on any atom is 0.491 e. The Morgan fingerprint density at radius 1 is 1.19 bits per heavy atom. The van der Waals surface area contributed by atoms with E-state index in [0.717, 1.165) is 19.5 Å². The normalized spacial score (nSPS) is 28.8. The summed E-state index contributed by atoms with van der Waals surface area (Å²) in [5.74, 6) is 0. The topological polar surface area (TPSA) is 30.5 Å². The highest BCUT2D eigenvalue weighted by molar-refractivity contribution is 6.54. The number of nitrogens with one attached hydrogen (secondary N) is 1. The summed E-state index contributed by atoms with van der Waals surface area (Å²) in [7, 11) is -0.171. The molecule has 0 bridgehead atoms. The summed E-state index contributed by atoms with van der Waals surface area (Å²) in [5.41, 5.74) is 0.784. The second-order valence-electron chi connectivity index (χ2n) is 5.69. The Kier molecular flexibility index (Phi) is 3.17. The molecule has 1 N–H and O–H groups in total. The predicted molar refractivity (Wildman–Crippen MR) is 66.3 cm³/mol. The first-order valence-corrected chi connectivity index (χ1v) is 6.18. The van der Waals surface area contributed by atoms with Gasteiger partial charge in [0.05, 0.1) is 11.2 Å². The highest BCUT2D eigenvalue weighted by Crippen LogP contribution is 2.38. The average Bonchev–Trinajstić information content (AvgIpc) is 2.42.